The molecule has 1 atom stereocenters. The van der Waals surface area contributed by atoms with Gasteiger partial charge in [0.2, 0.25) is 0 Å². The van der Waals surface area contributed by atoms with Gasteiger partial charge in [0, 0.05) is 5.39 Å². The summed E-state index contributed by atoms with van der Waals surface area (Å²) in [4.78, 5) is 11.7. The molecule has 0 spiro atoms. The van der Waals surface area contributed by atoms with Gasteiger partial charge in [-0.25, -0.2) is 5.10 Å². The van der Waals surface area contributed by atoms with Crippen molar-refractivity contribution >= 4 is 16.3 Å². The molecule has 1 N–H and O–H groups in total. The quantitative estimate of drug-likeness (QED) is 0.872. The van der Waals surface area contributed by atoms with E-state index in [1.807, 2.05) is 0 Å². The summed E-state index contributed by atoms with van der Waals surface area (Å²) >= 11 is 0. The fraction of sp³-hybridized carbons (Fsp3) is 0.333. The Hall–Kier alpha value is -2.11. The molecule has 0 aliphatic heterocycles. The van der Waals surface area contributed by atoms with Gasteiger partial charge in [-0.1, -0.05) is 24.3 Å². The van der Waals surface area contributed by atoms with Gasteiger partial charge in [-0.2, -0.15) is 18.3 Å². The number of alkyl halides is 3. The van der Waals surface area contributed by atoms with E-state index in [-0.39, 0.29) is 18.4 Å². The first-order chi connectivity index (χ1) is 9.97. The third kappa shape index (κ3) is 2.57. The molecule has 1 aliphatic rings. The van der Waals surface area contributed by atoms with Gasteiger partial charge < -0.3 is 0 Å². The van der Waals surface area contributed by atoms with E-state index in [0.717, 1.165) is 5.57 Å². The molecule has 0 saturated carbocycles. The Morgan fingerprint density at radius 1 is 1.19 bits per heavy atom. The van der Waals surface area contributed by atoms with E-state index in [2.05, 4.69) is 10.2 Å². The highest BCUT2D eigenvalue weighted by molar-refractivity contribution is 5.91. The van der Waals surface area contributed by atoms with E-state index in [9.17, 15) is 18.0 Å². The predicted molar refractivity (Wildman–Crippen MR) is 73.7 cm³/mol. The summed E-state index contributed by atoms with van der Waals surface area (Å²) in [6.07, 6.45) is -2.22. The molecule has 110 valence electrons. The summed E-state index contributed by atoms with van der Waals surface area (Å²) in [5, 5.41) is 7.62. The van der Waals surface area contributed by atoms with Crippen molar-refractivity contribution in [2.24, 2.45) is 5.92 Å². The molecule has 1 heterocycles. The average molecular weight is 294 g/mol. The van der Waals surface area contributed by atoms with E-state index >= 15 is 0 Å². The number of hydrogen-bond acceptors (Lipinski definition) is 2. The molecule has 1 aromatic carbocycles. The van der Waals surface area contributed by atoms with Crippen LogP contribution in [0.25, 0.3) is 16.3 Å². The largest absolute Gasteiger partial charge is 0.392 e. The van der Waals surface area contributed by atoms with Crippen molar-refractivity contribution in [1.29, 1.82) is 0 Å². The average Bonchev–Trinajstić information content (AvgIpc) is 2.47. The summed E-state index contributed by atoms with van der Waals surface area (Å²) in [7, 11) is 0. The molecule has 2 aromatic rings. The Bertz CT molecular complexity index is 761. The first kappa shape index (κ1) is 13.9. The minimum atomic E-state index is -4.15. The van der Waals surface area contributed by atoms with Crippen molar-refractivity contribution < 1.29 is 13.2 Å². The van der Waals surface area contributed by atoms with Crippen molar-refractivity contribution in [1.82, 2.24) is 10.2 Å². The molecule has 3 nitrogen and oxygen atoms in total. The van der Waals surface area contributed by atoms with Gasteiger partial charge in [-0.3, -0.25) is 4.79 Å². The molecule has 1 unspecified atom stereocenters. The van der Waals surface area contributed by atoms with E-state index in [1.165, 1.54) is 0 Å². The van der Waals surface area contributed by atoms with Crippen molar-refractivity contribution in [2.45, 2.75) is 25.4 Å². The summed E-state index contributed by atoms with van der Waals surface area (Å²) < 4.78 is 38.1. The lowest BCUT2D eigenvalue weighted by molar-refractivity contribution is -0.175. The lowest BCUT2D eigenvalue weighted by Gasteiger charge is -2.24. The standard InChI is InChI=1S/C15H13F3N2O/c16-15(17,18)10-7-5-9(6-8-10)13-11-3-1-2-4-12(11)14(21)20-19-13/h1-5,10H,6-8H2,(H,20,21). The zero-order valence-corrected chi connectivity index (χ0v) is 11.1. The van der Waals surface area contributed by atoms with Gasteiger partial charge in [0.15, 0.2) is 0 Å². The van der Waals surface area contributed by atoms with Crippen LogP contribution in [-0.4, -0.2) is 16.4 Å². The first-order valence-electron chi connectivity index (χ1n) is 6.70. The molecule has 0 radical (unpaired) electrons. The number of benzene rings is 1. The van der Waals surface area contributed by atoms with Crippen molar-refractivity contribution in [3.8, 4) is 0 Å². The maximum absolute atomic E-state index is 12.7. The number of allylic oxidation sites excluding steroid dienone is 2. The zero-order valence-electron chi connectivity index (χ0n) is 11.1. The second kappa shape index (κ2) is 5.02. The Kier molecular flexibility index (Phi) is 3.31. The van der Waals surface area contributed by atoms with Gasteiger partial charge in [0.05, 0.1) is 17.0 Å². The molecule has 3 rings (SSSR count). The molecule has 1 aliphatic carbocycles. The van der Waals surface area contributed by atoms with Gasteiger partial charge in [0.1, 0.15) is 0 Å². The molecule has 21 heavy (non-hydrogen) atoms. The van der Waals surface area contributed by atoms with Gasteiger partial charge in [-0.05, 0) is 30.9 Å². The summed E-state index contributed by atoms with van der Waals surface area (Å²) in [6, 6.07) is 6.98. The highest BCUT2D eigenvalue weighted by Gasteiger charge is 2.39. The molecule has 0 saturated heterocycles. The van der Waals surface area contributed by atoms with E-state index in [0.29, 0.717) is 22.9 Å². The number of hydrogen-bond donors (Lipinski definition) is 1. The highest BCUT2D eigenvalue weighted by atomic mass is 19.4. The third-order valence-electron chi connectivity index (χ3n) is 3.87. The van der Waals surface area contributed by atoms with Crippen LogP contribution >= 0.6 is 0 Å². The second-order valence-corrected chi connectivity index (χ2v) is 5.19. The van der Waals surface area contributed by atoms with Crippen LogP contribution in [0.3, 0.4) is 0 Å². The fourth-order valence-corrected chi connectivity index (χ4v) is 2.71. The molecule has 0 amide bonds. The van der Waals surface area contributed by atoms with E-state index in [4.69, 9.17) is 0 Å². The van der Waals surface area contributed by atoms with Crippen LogP contribution in [0.1, 0.15) is 25.0 Å². The predicted octanol–water partition coefficient (Wildman–Crippen LogP) is 3.67. The van der Waals surface area contributed by atoms with Gasteiger partial charge in [-0.15, -0.1) is 0 Å². The normalized spacial score (nSPS) is 19.6. The number of halogens is 3. The molecular formula is C15H13F3N2O. The van der Waals surface area contributed by atoms with Crippen molar-refractivity contribution in [3.05, 3.63) is 46.4 Å². The molecule has 0 fully saturated rings. The number of nitrogens with one attached hydrogen (secondary N) is 1. The van der Waals surface area contributed by atoms with Crippen LogP contribution in [0.15, 0.2) is 35.1 Å². The monoisotopic (exact) mass is 294 g/mol. The lowest BCUT2D eigenvalue weighted by Crippen LogP contribution is -2.24. The Labute approximate surface area is 118 Å². The minimum absolute atomic E-state index is 0.0338. The van der Waals surface area contributed by atoms with Crippen LogP contribution in [0.2, 0.25) is 0 Å². The van der Waals surface area contributed by atoms with Crippen LogP contribution < -0.4 is 5.56 Å². The maximum Gasteiger partial charge on any atom is 0.392 e. The van der Waals surface area contributed by atoms with E-state index in [1.54, 1.807) is 30.3 Å². The fourth-order valence-electron chi connectivity index (χ4n) is 2.71. The maximum atomic E-state index is 12.7. The third-order valence-corrected chi connectivity index (χ3v) is 3.87. The first-order valence-corrected chi connectivity index (χ1v) is 6.70. The number of rotatable bonds is 1. The molecule has 6 heteroatoms. The SMILES string of the molecule is O=c1[nH]nc(C2=CCC(C(F)(F)F)CC2)c2ccccc12. The number of aromatic amines is 1. The number of fused-ring (bicyclic) bond motifs is 1. The van der Waals surface area contributed by atoms with Crippen LogP contribution in [-0.2, 0) is 0 Å². The van der Waals surface area contributed by atoms with E-state index < -0.39 is 12.1 Å². The second-order valence-electron chi connectivity index (χ2n) is 5.19. The Morgan fingerprint density at radius 2 is 1.90 bits per heavy atom. The van der Waals surface area contributed by atoms with Crippen LogP contribution in [0.4, 0.5) is 13.2 Å². The van der Waals surface area contributed by atoms with Crippen molar-refractivity contribution in [3.63, 3.8) is 0 Å². The summed E-state index contributed by atoms with van der Waals surface area (Å²) in [6.45, 7) is 0. The van der Waals surface area contributed by atoms with Gasteiger partial charge in [0.25, 0.3) is 5.56 Å². The number of aromatic nitrogens is 2. The summed E-state index contributed by atoms with van der Waals surface area (Å²) in [5.74, 6) is -1.28. The molecule has 1 aromatic heterocycles. The Morgan fingerprint density at radius 3 is 2.52 bits per heavy atom. The Balaban J connectivity index is 2.01. The van der Waals surface area contributed by atoms with Crippen molar-refractivity contribution in [2.75, 3.05) is 0 Å². The minimum Gasteiger partial charge on any atom is -0.267 e. The smallest absolute Gasteiger partial charge is 0.267 e. The molecule has 0 bridgehead atoms. The number of H-pyrrole nitrogens is 1. The molecular weight excluding hydrogens is 281 g/mol. The summed E-state index contributed by atoms with van der Waals surface area (Å²) in [5.41, 5.74) is 1.05. The zero-order chi connectivity index (χ0) is 15.0. The van der Waals surface area contributed by atoms with Crippen LogP contribution in [0, 0.1) is 5.92 Å². The topological polar surface area (TPSA) is 45.8 Å². The van der Waals surface area contributed by atoms with Crippen LogP contribution in [0.5, 0.6) is 0 Å². The number of nitrogens with zero attached hydrogens (tertiary/aromatic N) is 1. The van der Waals surface area contributed by atoms with Gasteiger partial charge >= 0.3 is 6.18 Å². The highest BCUT2D eigenvalue weighted by Crippen LogP contribution is 2.39. The lowest BCUT2D eigenvalue weighted by atomic mass is 9.87.